The lowest BCUT2D eigenvalue weighted by molar-refractivity contribution is -0.124. The van der Waals surface area contributed by atoms with Crippen LogP contribution in [0.2, 0.25) is 0 Å². The minimum atomic E-state index is -0.595. The van der Waals surface area contributed by atoms with Gasteiger partial charge in [-0.1, -0.05) is 18.2 Å². The van der Waals surface area contributed by atoms with Gasteiger partial charge >= 0.3 is 0 Å². The molecule has 0 bridgehead atoms. The molecule has 8 nitrogen and oxygen atoms in total. The molecule has 0 spiro atoms. The molecule has 31 heavy (non-hydrogen) atoms. The number of thioether (sulfide) groups is 1. The van der Waals surface area contributed by atoms with Crippen LogP contribution >= 0.6 is 11.8 Å². The van der Waals surface area contributed by atoms with E-state index in [4.69, 9.17) is 0 Å². The van der Waals surface area contributed by atoms with Crippen molar-refractivity contribution in [1.29, 1.82) is 0 Å². The Balaban J connectivity index is 2.23. The molecule has 2 rings (SSSR count). The van der Waals surface area contributed by atoms with Crippen molar-refractivity contribution in [3.8, 4) is 5.75 Å². The molecule has 0 radical (unpaired) electrons. The number of phenolic OH excluding ortho intramolecular Hbond substituents is 1. The Bertz CT molecular complexity index is 813. The number of carbonyl (C=O) groups excluding carboxylic acids is 2. The fraction of sp³-hybridized carbons (Fsp3) is 0.409. The van der Waals surface area contributed by atoms with Gasteiger partial charge in [-0.15, -0.1) is 6.58 Å². The van der Waals surface area contributed by atoms with Crippen molar-refractivity contribution in [3.05, 3.63) is 60.7 Å². The van der Waals surface area contributed by atoms with Crippen molar-refractivity contribution in [2.75, 3.05) is 12.0 Å². The number of hydrogen-bond acceptors (Lipinski definition) is 8. The zero-order chi connectivity index (χ0) is 22.6. The van der Waals surface area contributed by atoms with E-state index in [9.17, 15) is 14.7 Å². The number of Topliss-reactive ketones (excluding diaryl/α,β-unsaturated/α-hetero) is 1. The van der Waals surface area contributed by atoms with Crippen LogP contribution in [0.1, 0.15) is 24.6 Å². The number of benzene rings is 1. The van der Waals surface area contributed by atoms with E-state index in [1.165, 1.54) is 6.92 Å². The first-order chi connectivity index (χ1) is 15.0. The second-order valence-corrected chi connectivity index (χ2v) is 8.24. The average Bonchev–Trinajstić information content (AvgIpc) is 3.28. The molecule has 1 heterocycles. The molecule has 4 N–H and O–H groups in total. The summed E-state index contributed by atoms with van der Waals surface area (Å²) in [6, 6.07) is 5.47. The zero-order valence-corrected chi connectivity index (χ0v) is 18.8. The fourth-order valence-electron chi connectivity index (χ4n) is 3.02. The first-order valence-electron chi connectivity index (χ1n) is 10.1. The second-order valence-electron chi connectivity index (χ2n) is 7.25. The highest BCUT2D eigenvalue weighted by atomic mass is 32.2. The summed E-state index contributed by atoms with van der Waals surface area (Å²) in [5.41, 5.74) is 8.15. The Kier molecular flexibility index (Phi) is 10.5. The number of nitrogens with zero attached hydrogens (tertiary/aromatic N) is 2. The lowest BCUT2D eigenvalue weighted by Crippen LogP contribution is -2.62. The molecule has 0 fully saturated rings. The third-order valence-corrected chi connectivity index (χ3v) is 5.49. The van der Waals surface area contributed by atoms with Crippen molar-refractivity contribution >= 4 is 23.8 Å². The number of hydrazine groups is 2. The number of hydrogen-bond donors (Lipinski definition) is 4. The number of aromatic hydroxyl groups is 1. The van der Waals surface area contributed by atoms with Crippen LogP contribution in [-0.2, 0) is 22.4 Å². The maximum atomic E-state index is 12.3. The Labute approximate surface area is 187 Å². The monoisotopic (exact) mass is 445 g/mol. The van der Waals surface area contributed by atoms with E-state index in [0.29, 0.717) is 12.8 Å². The number of imidazole rings is 1. The van der Waals surface area contributed by atoms with Crippen LogP contribution in [-0.4, -0.2) is 62.4 Å². The predicted octanol–water partition coefficient (Wildman–Crippen LogP) is 2.04. The molecule has 0 aliphatic heterocycles. The SMILES string of the molecule is C=C[C@H](CCSC)NN(N[C@@H](Cc1c[nH]cn1)C(C)=O)[C@H](C=O)Cc1ccc(O)cc1. The van der Waals surface area contributed by atoms with Gasteiger partial charge in [0.05, 0.1) is 24.1 Å². The number of rotatable bonds is 15. The van der Waals surface area contributed by atoms with Gasteiger partial charge in [0.1, 0.15) is 17.8 Å². The molecule has 2 aromatic rings. The fourth-order valence-corrected chi connectivity index (χ4v) is 3.51. The number of phenols is 1. The third-order valence-electron chi connectivity index (χ3n) is 4.85. The summed E-state index contributed by atoms with van der Waals surface area (Å²) in [5.74, 6) is 1.02. The van der Waals surface area contributed by atoms with Crippen LogP contribution in [0.15, 0.2) is 49.4 Å². The summed E-state index contributed by atoms with van der Waals surface area (Å²) >= 11 is 1.73. The smallest absolute Gasteiger partial charge is 0.148 e. The topological polar surface area (TPSA) is 110 Å². The van der Waals surface area contributed by atoms with E-state index < -0.39 is 12.1 Å². The summed E-state index contributed by atoms with van der Waals surface area (Å²) in [6.07, 6.45) is 9.57. The molecule has 0 saturated carbocycles. The summed E-state index contributed by atoms with van der Waals surface area (Å²) in [5, 5.41) is 11.1. The highest BCUT2D eigenvalue weighted by Crippen LogP contribution is 2.13. The zero-order valence-electron chi connectivity index (χ0n) is 18.0. The first-order valence-corrected chi connectivity index (χ1v) is 11.5. The molecule has 0 amide bonds. The number of ketones is 1. The number of aromatic nitrogens is 2. The van der Waals surface area contributed by atoms with E-state index in [-0.39, 0.29) is 17.6 Å². The third kappa shape index (κ3) is 8.29. The molecule has 0 unspecified atom stereocenters. The van der Waals surface area contributed by atoms with Crippen LogP contribution in [0.5, 0.6) is 5.75 Å². The molecule has 1 aromatic heterocycles. The number of aldehydes is 1. The van der Waals surface area contributed by atoms with Crippen LogP contribution in [0.25, 0.3) is 0 Å². The maximum absolute atomic E-state index is 12.3. The Morgan fingerprint density at radius 3 is 2.61 bits per heavy atom. The molecule has 0 saturated heterocycles. The van der Waals surface area contributed by atoms with Gasteiger partial charge in [0.15, 0.2) is 0 Å². The molecule has 168 valence electrons. The van der Waals surface area contributed by atoms with E-state index in [1.807, 2.05) is 6.26 Å². The highest BCUT2D eigenvalue weighted by Gasteiger charge is 2.26. The standard InChI is InChI=1S/C22H31N5O3S/c1-4-18(9-10-31-3)25-27(20(14-28)11-17-5-7-21(30)8-6-17)26-22(16(2)29)12-19-13-23-15-24-19/h4-8,13-15,18,20,22,25-26,30H,1,9-12H2,2-3H3,(H,23,24)/t18-,20+,22+/m1/s1. The van der Waals surface area contributed by atoms with E-state index in [2.05, 4.69) is 27.4 Å². The lowest BCUT2D eigenvalue weighted by atomic mass is 10.1. The minimum Gasteiger partial charge on any atom is -0.508 e. The van der Waals surface area contributed by atoms with Gasteiger partial charge in [0.2, 0.25) is 0 Å². The minimum absolute atomic E-state index is 0.0663. The van der Waals surface area contributed by atoms with Gasteiger partial charge in [-0.25, -0.2) is 15.8 Å². The number of carbonyl (C=O) groups is 2. The van der Waals surface area contributed by atoms with Crippen LogP contribution in [0, 0.1) is 0 Å². The lowest BCUT2D eigenvalue weighted by Gasteiger charge is -2.34. The number of aromatic amines is 1. The van der Waals surface area contributed by atoms with Crippen LogP contribution in [0.3, 0.4) is 0 Å². The Morgan fingerprint density at radius 2 is 2.06 bits per heavy atom. The van der Waals surface area contributed by atoms with Gasteiger partial charge in [0.25, 0.3) is 0 Å². The molecule has 9 heteroatoms. The van der Waals surface area contributed by atoms with Crippen LogP contribution in [0.4, 0.5) is 0 Å². The van der Waals surface area contributed by atoms with Crippen molar-refractivity contribution in [1.82, 2.24) is 25.9 Å². The Hall–Kier alpha value is -2.46. The predicted molar refractivity (Wildman–Crippen MR) is 124 cm³/mol. The second kappa shape index (κ2) is 13.1. The van der Waals surface area contributed by atoms with E-state index in [0.717, 1.165) is 29.7 Å². The summed E-state index contributed by atoms with van der Waals surface area (Å²) in [4.78, 5) is 31.5. The van der Waals surface area contributed by atoms with Crippen molar-refractivity contribution < 1.29 is 14.7 Å². The van der Waals surface area contributed by atoms with Crippen molar-refractivity contribution in [2.45, 2.75) is 44.3 Å². The van der Waals surface area contributed by atoms with Crippen molar-refractivity contribution in [2.24, 2.45) is 0 Å². The number of H-pyrrole nitrogens is 1. The van der Waals surface area contributed by atoms with E-state index in [1.54, 1.807) is 59.7 Å². The molecular weight excluding hydrogens is 414 g/mol. The largest absolute Gasteiger partial charge is 0.508 e. The highest BCUT2D eigenvalue weighted by molar-refractivity contribution is 7.98. The first kappa shape index (κ1) is 24.8. The average molecular weight is 446 g/mol. The molecule has 0 aliphatic rings. The van der Waals surface area contributed by atoms with E-state index >= 15 is 0 Å². The molecule has 3 atom stereocenters. The molecular formula is C22H31N5O3S. The van der Waals surface area contributed by atoms with Gasteiger partial charge in [0, 0.05) is 18.7 Å². The van der Waals surface area contributed by atoms with Gasteiger partial charge in [-0.2, -0.15) is 16.9 Å². The number of nitrogens with one attached hydrogen (secondary N) is 3. The van der Waals surface area contributed by atoms with Gasteiger partial charge in [-0.05, 0) is 49.5 Å². The maximum Gasteiger partial charge on any atom is 0.148 e. The summed E-state index contributed by atoms with van der Waals surface area (Å²) < 4.78 is 0. The normalized spacial score (nSPS) is 14.2. The quantitative estimate of drug-likeness (QED) is 0.187. The van der Waals surface area contributed by atoms with Crippen LogP contribution < -0.4 is 10.9 Å². The molecule has 1 aromatic carbocycles. The van der Waals surface area contributed by atoms with Crippen molar-refractivity contribution in [3.63, 3.8) is 0 Å². The Morgan fingerprint density at radius 1 is 1.32 bits per heavy atom. The molecule has 0 aliphatic carbocycles. The summed E-state index contributed by atoms with van der Waals surface area (Å²) in [7, 11) is 0. The van der Waals surface area contributed by atoms with Gasteiger partial charge < -0.3 is 14.9 Å². The summed E-state index contributed by atoms with van der Waals surface area (Å²) in [6.45, 7) is 5.41. The van der Waals surface area contributed by atoms with Gasteiger partial charge in [-0.3, -0.25) is 4.79 Å².